The van der Waals surface area contributed by atoms with Gasteiger partial charge >= 0.3 is 0 Å². The molecule has 27 heavy (non-hydrogen) atoms. The molecule has 0 aromatic carbocycles. The number of likely N-dealkylation sites (tertiary alicyclic amines) is 1. The molecule has 0 amide bonds. The summed E-state index contributed by atoms with van der Waals surface area (Å²) in [4.78, 5) is 7.54. The molecule has 2 aliphatic heterocycles. The lowest BCUT2D eigenvalue weighted by molar-refractivity contribution is -0.00512. The molecule has 6 heteroatoms. The van der Waals surface area contributed by atoms with Gasteiger partial charge in [-0.1, -0.05) is 13.3 Å². The summed E-state index contributed by atoms with van der Waals surface area (Å²) >= 11 is 0. The quantitative estimate of drug-likeness (QED) is 0.389. The van der Waals surface area contributed by atoms with Gasteiger partial charge in [-0.15, -0.1) is 24.0 Å². The number of guanidine groups is 1. The first kappa shape index (κ1) is 21.0. The molecule has 1 saturated carbocycles. The molecule has 1 aliphatic carbocycles. The Bertz CT molecular complexity index is 595. The number of ether oxygens (including phenoxy) is 1. The first-order valence-corrected chi connectivity index (χ1v) is 10.4. The Balaban J connectivity index is 0.00000210. The molecule has 152 valence electrons. The molecule has 1 spiro atoms. The van der Waals surface area contributed by atoms with Crippen LogP contribution in [0.3, 0.4) is 0 Å². The summed E-state index contributed by atoms with van der Waals surface area (Å²) in [5, 5.41) is 3.63. The van der Waals surface area contributed by atoms with Crippen LogP contribution in [0.4, 0.5) is 0 Å². The highest BCUT2D eigenvalue weighted by Crippen LogP contribution is 2.50. The van der Waals surface area contributed by atoms with E-state index >= 15 is 0 Å². The predicted octanol–water partition coefficient (Wildman–Crippen LogP) is 3.93. The van der Waals surface area contributed by atoms with Gasteiger partial charge in [0, 0.05) is 45.1 Å². The van der Waals surface area contributed by atoms with Crippen molar-refractivity contribution in [2.75, 3.05) is 39.4 Å². The third-order valence-electron chi connectivity index (χ3n) is 6.79. The maximum absolute atomic E-state index is 5.52. The average molecular weight is 487 g/mol. The highest BCUT2D eigenvalue weighted by molar-refractivity contribution is 14.0. The normalized spacial score (nSPS) is 27.3. The lowest BCUT2D eigenvalue weighted by Gasteiger charge is -2.53. The van der Waals surface area contributed by atoms with Crippen LogP contribution in [0.1, 0.15) is 44.8 Å². The van der Waals surface area contributed by atoms with Crippen LogP contribution < -0.4 is 5.32 Å². The molecular weight excluding hydrogens is 453 g/mol. The SMILES string of the molecule is CC1CCN(C(=NCC2CCOC2)NCCc2ccco2)CC12CCC2.I. The summed E-state index contributed by atoms with van der Waals surface area (Å²) in [5.41, 5.74) is 0.540. The van der Waals surface area contributed by atoms with Crippen molar-refractivity contribution in [1.82, 2.24) is 10.2 Å². The largest absolute Gasteiger partial charge is 0.469 e. The molecule has 5 nitrogen and oxygen atoms in total. The van der Waals surface area contributed by atoms with Crippen LogP contribution in [0.25, 0.3) is 0 Å². The third-order valence-corrected chi connectivity index (χ3v) is 6.79. The summed E-state index contributed by atoms with van der Waals surface area (Å²) in [6.07, 6.45) is 9.25. The van der Waals surface area contributed by atoms with Gasteiger partial charge in [0.2, 0.25) is 0 Å². The van der Waals surface area contributed by atoms with Crippen LogP contribution in [0.15, 0.2) is 27.8 Å². The Labute approximate surface area is 180 Å². The molecule has 2 atom stereocenters. The second-order valence-electron chi connectivity index (χ2n) is 8.48. The van der Waals surface area contributed by atoms with Crippen molar-refractivity contribution in [3.8, 4) is 0 Å². The highest BCUT2D eigenvalue weighted by atomic mass is 127. The molecule has 3 aliphatic rings. The van der Waals surface area contributed by atoms with Crippen LogP contribution in [0, 0.1) is 17.3 Å². The monoisotopic (exact) mass is 487 g/mol. The molecule has 1 N–H and O–H groups in total. The van der Waals surface area contributed by atoms with E-state index in [-0.39, 0.29) is 24.0 Å². The van der Waals surface area contributed by atoms with Crippen LogP contribution in [-0.4, -0.2) is 50.3 Å². The molecule has 0 radical (unpaired) electrons. The predicted molar refractivity (Wildman–Crippen MR) is 119 cm³/mol. The van der Waals surface area contributed by atoms with Gasteiger partial charge in [0.05, 0.1) is 12.9 Å². The topological polar surface area (TPSA) is 50.0 Å². The van der Waals surface area contributed by atoms with E-state index in [4.69, 9.17) is 14.1 Å². The van der Waals surface area contributed by atoms with Gasteiger partial charge in [-0.3, -0.25) is 4.99 Å². The van der Waals surface area contributed by atoms with Crippen molar-refractivity contribution in [2.45, 2.75) is 45.4 Å². The molecular formula is C21H34IN3O2. The minimum absolute atomic E-state index is 0. The fraction of sp³-hybridized carbons (Fsp3) is 0.762. The number of rotatable bonds is 5. The number of halogens is 1. The zero-order valence-corrected chi connectivity index (χ0v) is 18.8. The summed E-state index contributed by atoms with van der Waals surface area (Å²) in [5.74, 6) is 3.56. The van der Waals surface area contributed by atoms with Crippen molar-refractivity contribution in [1.29, 1.82) is 0 Å². The Morgan fingerprint density at radius 2 is 2.26 bits per heavy atom. The van der Waals surface area contributed by atoms with E-state index in [1.54, 1.807) is 6.26 Å². The fourth-order valence-electron chi connectivity index (χ4n) is 4.70. The molecule has 0 bridgehead atoms. The average Bonchev–Trinajstić information content (AvgIpc) is 3.31. The van der Waals surface area contributed by atoms with E-state index in [0.29, 0.717) is 11.3 Å². The van der Waals surface area contributed by atoms with E-state index in [0.717, 1.165) is 63.3 Å². The summed E-state index contributed by atoms with van der Waals surface area (Å²) in [7, 11) is 0. The number of aliphatic imine (C=N–C) groups is 1. The van der Waals surface area contributed by atoms with E-state index in [1.165, 1.54) is 32.2 Å². The number of hydrogen-bond acceptors (Lipinski definition) is 3. The standard InChI is InChI=1S/C21H33N3O2.HI/c1-17-6-11-24(16-21(17)8-3-9-21)20(23-14-18-7-13-25-15-18)22-10-5-19-4-2-12-26-19;/h2,4,12,17-18H,3,5-11,13-16H2,1H3,(H,22,23);1H. The van der Waals surface area contributed by atoms with E-state index in [9.17, 15) is 0 Å². The van der Waals surface area contributed by atoms with Gasteiger partial charge in [0.25, 0.3) is 0 Å². The van der Waals surface area contributed by atoms with Gasteiger partial charge in [0.15, 0.2) is 5.96 Å². The molecule has 1 aromatic rings. The van der Waals surface area contributed by atoms with Gasteiger partial charge < -0.3 is 19.4 Å². The lowest BCUT2D eigenvalue weighted by atomic mass is 9.59. The van der Waals surface area contributed by atoms with Gasteiger partial charge in [-0.25, -0.2) is 0 Å². The van der Waals surface area contributed by atoms with Crippen molar-refractivity contribution >= 4 is 29.9 Å². The fourth-order valence-corrected chi connectivity index (χ4v) is 4.70. The zero-order valence-electron chi connectivity index (χ0n) is 16.5. The van der Waals surface area contributed by atoms with E-state index in [2.05, 4.69) is 17.1 Å². The summed E-state index contributed by atoms with van der Waals surface area (Å²) in [6.45, 7) is 8.25. The lowest BCUT2D eigenvalue weighted by Crippen LogP contribution is -2.56. The van der Waals surface area contributed by atoms with Gasteiger partial charge in [-0.05, 0) is 49.1 Å². The highest BCUT2D eigenvalue weighted by Gasteiger charge is 2.46. The first-order chi connectivity index (χ1) is 12.8. The van der Waals surface area contributed by atoms with E-state index < -0.39 is 0 Å². The Kier molecular flexibility index (Phi) is 7.48. The van der Waals surface area contributed by atoms with Crippen LogP contribution >= 0.6 is 24.0 Å². The Morgan fingerprint density at radius 3 is 2.93 bits per heavy atom. The minimum atomic E-state index is 0. The maximum Gasteiger partial charge on any atom is 0.193 e. The van der Waals surface area contributed by atoms with Gasteiger partial charge in [-0.2, -0.15) is 0 Å². The van der Waals surface area contributed by atoms with E-state index in [1.807, 2.05) is 12.1 Å². The maximum atomic E-state index is 5.52. The Hall–Kier alpha value is -0.760. The van der Waals surface area contributed by atoms with Gasteiger partial charge in [0.1, 0.15) is 5.76 Å². The van der Waals surface area contributed by atoms with Crippen LogP contribution in [-0.2, 0) is 11.2 Å². The van der Waals surface area contributed by atoms with Crippen molar-refractivity contribution in [3.05, 3.63) is 24.2 Å². The van der Waals surface area contributed by atoms with Crippen molar-refractivity contribution < 1.29 is 9.15 Å². The molecule has 3 heterocycles. The van der Waals surface area contributed by atoms with Crippen molar-refractivity contribution in [3.63, 3.8) is 0 Å². The number of nitrogens with zero attached hydrogens (tertiary/aromatic N) is 2. The van der Waals surface area contributed by atoms with Crippen molar-refractivity contribution in [2.24, 2.45) is 22.2 Å². The number of hydrogen-bond donors (Lipinski definition) is 1. The zero-order chi connectivity index (χ0) is 17.8. The summed E-state index contributed by atoms with van der Waals surface area (Å²) < 4.78 is 11.0. The summed E-state index contributed by atoms with van der Waals surface area (Å²) in [6, 6.07) is 4.00. The second kappa shape index (κ2) is 9.63. The Morgan fingerprint density at radius 1 is 1.37 bits per heavy atom. The third kappa shape index (κ3) is 5.00. The van der Waals surface area contributed by atoms with Crippen LogP contribution in [0.2, 0.25) is 0 Å². The minimum Gasteiger partial charge on any atom is -0.469 e. The molecule has 3 fully saturated rings. The number of nitrogens with one attached hydrogen (secondary N) is 1. The van der Waals surface area contributed by atoms with Crippen LogP contribution in [0.5, 0.6) is 0 Å². The molecule has 4 rings (SSSR count). The smallest absolute Gasteiger partial charge is 0.193 e. The molecule has 2 saturated heterocycles. The second-order valence-corrected chi connectivity index (χ2v) is 8.48. The molecule has 2 unspecified atom stereocenters. The first-order valence-electron chi connectivity index (χ1n) is 10.4. The number of piperidine rings is 1. The number of furan rings is 1. The molecule has 1 aromatic heterocycles.